The summed E-state index contributed by atoms with van der Waals surface area (Å²) < 4.78 is 0. The van der Waals surface area contributed by atoms with E-state index in [1.165, 1.54) is 44.6 Å². The van der Waals surface area contributed by atoms with Gasteiger partial charge in [0, 0.05) is 19.1 Å². The minimum absolute atomic E-state index is 0.641. The zero-order chi connectivity index (χ0) is 12.4. The number of hydrogen-bond acceptors (Lipinski definition) is 2. The summed E-state index contributed by atoms with van der Waals surface area (Å²) in [5.41, 5.74) is 1.51. The molecular formula is C16H24N2. The lowest BCUT2D eigenvalue weighted by Crippen LogP contribution is -2.30. The van der Waals surface area contributed by atoms with Gasteiger partial charge < -0.3 is 5.32 Å². The topological polar surface area (TPSA) is 15.3 Å². The van der Waals surface area contributed by atoms with E-state index >= 15 is 0 Å². The lowest BCUT2D eigenvalue weighted by Gasteiger charge is -2.29. The predicted octanol–water partition coefficient (Wildman–Crippen LogP) is 2.68. The van der Waals surface area contributed by atoms with Crippen molar-refractivity contribution in [3.63, 3.8) is 0 Å². The number of hydrogen-bond donors (Lipinski definition) is 1. The standard InChI is InChI=1S/C16H24N2/c1-2-6-16(13-7-4-3-5-8-13)18-11-14-9-17-10-15(14)12-18/h3-5,7-8,14-17H,2,6,9-12H2,1H3/t14-,15+,16?. The van der Waals surface area contributed by atoms with Crippen molar-refractivity contribution in [3.05, 3.63) is 35.9 Å². The molecule has 1 aromatic carbocycles. The number of likely N-dealkylation sites (tertiary alicyclic amines) is 1. The highest BCUT2D eigenvalue weighted by atomic mass is 15.2. The molecular weight excluding hydrogens is 220 g/mol. The molecule has 2 heterocycles. The Bertz CT molecular complexity index is 364. The Labute approximate surface area is 110 Å². The number of nitrogens with one attached hydrogen (secondary N) is 1. The Balaban J connectivity index is 1.74. The van der Waals surface area contributed by atoms with E-state index in [9.17, 15) is 0 Å². The number of nitrogens with zero attached hydrogens (tertiary/aromatic N) is 1. The molecule has 2 aliphatic rings. The van der Waals surface area contributed by atoms with Crippen LogP contribution in [0.15, 0.2) is 30.3 Å². The summed E-state index contributed by atoms with van der Waals surface area (Å²) in [6.07, 6.45) is 2.56. The summed E-state index contributed by atoms with van der Waals surface area (Å²) in [5.74, 6) is 1.79. The molecule has 0 bridgehead atoms. The number of fused-ring (bicyclic) bond motifs is 1. The third-order valence-electron chi connectivity index (χ3n) is 4.60. The largest absolute Gasteiger partial charge is 0.316 e. The maximum absolute atomic E-state index is 3.53. The van der Waals surface area contributed by atoms with Crippen LogP contribution in [0.3, 0.4) is 0 Å². The van der Waals surface area contributed by atoms with E-state index in [0.717, 1.165) is 11.8 Å². The van der Waals surface area contributed by atoms with Crippen molar-refractivity contribution in [1.82, 2.24) is 10.2 Å². The molecule has 0 saturated carbocycles. The predicted molar refractivity (Wildman–Crippen MR) is 75.5 cm³/mol. The van der Waals surface area contributed by atoms with Crippen LogP contribution < -0.4 is 5.32 Å². The average molecular weight is 244 g/mol. The normalized spacial score (nSPS) is 29.4. The van der Waals surface area contributed by atoms with Crippen molar-refractivity contribution < 1.29 is 0 Å². The van der Waals surface area contributed by atoms with Gasteiger partial charge in [-0.3, -0.25) is 4.90 Å². The Morgan fingerprint density at radius 3 is 2.44 bits per heavy atom. The van der Waals surface area contributed by atoms with Crippen LogP contribution in [0.25, 0.3) is 0 Å². The van der Waals surface area contributed by atoms with Crippen LogP contribution in [0.4, 0.5) is 0 Å². The molecule has 0 amide bonds. The van der Waals surface area contributed by atoms with Gasteiger partial charge in [0.2, 0.25) is 0 Å². The Hall–Kier alpha value is -0.860. The van der Waals surface area contributed by atoms with Gasteiger partial charge in [-0.2, -0.15) is 0 Å². The lowest BCUT2D eigenvalue weighted by atomic mass is 10.0. The SMILES string of the molecule is CCCC(c1ccccc1)N1C[C@H]2CNC[C@H]2C1. The summed E-state index contributed by atoms with van der Waals surface area (Å²) in [6.45, 7) is 7.34. The molecule has 0 radical (unpaired) electrons. The second-order valence-electron chi connectivity index (χ2n) is 5.85. The van der Waals surface area contributed by atoms with Crippen LogP contribution in [-0.4, -0.2) is 31.1 Å². The van der Waals surface area contributed by atoms with E-state index in [1.807, 2.05) is 0 Å². The minimum Gasteiger partial charge on any atom is -0.316 e. The van der Waals surface area contributed by atoms with Gasteiger partial charge in [-0.15, -0.1) is 0 Å². The fourth-order valence-corrected chi connectivity index (χ4v) is 3.65. The molecule has 98 valence electrons. The molecule has 2 fully saturated rings. The van der Waals surface area contributed by atoms with Crippen molar-refractivity contribution in [2.24, 2.45) is 11.8 Å². The van der Waals surface area contributed by atoms with Gasteiger partial charge in [0.15, 0.2) is 0 Å². The second kappa shape index (κ2) is 5.41. The first-order valence-corrected chi connectivity index (χ1v) is 7.38. The van der Waals surface area contributed by atoms with Crippen LogP contribution >= 0.6 is 0 Å². The van der Waals surface area contributed by atoms with Crippen molar-refractivity contribution in [2.75, 3.05) is 26.2 Å². The molecule has 1 unspecified atom stereocenters. The molecule has 0 spiro atoms. The molecule has 0 aromatic heterocycles. The maximum atomic E-state index is 3.53. The zero-order valence-corrected chi connectivity index (χ0v) is 11.3. The van der Waals surface area contributed by atoms with Crippen LogP contribution in [0, 0.1) is 11.8 Å². The third-order valence-corrected chi connectivity index (χ3v) is 4.60. The van der Waals surface area contributed by atoms with Crippen molar-refractivity contribution in [3.8, 4) is 0 Å². The molecule has 18 heavy (non-hydrogen) atoms. The summed E-state index contributed by atoms with van der Waals surface area (Å²) in [4.78, 5) is 2.73. The van der Waals surface area contributed by atoms with Crippen molar-refractivity contribution in [1.29, 1.82) is 0 Å². The smallest absolute Gasteiger partial charge is 0.0348 e. The molecule has 0 aliphatic carbocycles. The van der Waals surface area contributed by atoms with E-state index in [2.05, 4.69) is 47.5 Å². The zero-order valence-electron chi connectivity index (χ0n) is 11.3. The highest BCUT2D eigenvalue weighted by Crippen LogP contribution is 2.35. The summed E-state index contributed by atoms with van der Waals surface area (Å²) in [5, 5.41) is 3.53. The highest BCUT2D eigenvalue weighted by Gasteiger charge is 2.38. The maximum Gasteiger partial charge on any atom is 0.0348 e. The summed E-state index contributed by atoms with van der Waals surface area (Å²) in [7, 11) is 0. The Morgan fingerprint density at radius 1 is 1.17 bits per heavy atom. The van der Waals surface area contributed by atoms with Crippen LogP contribution in [0.1, 0.15) is 31.4 Å². The monoisotopic (exact) mass is 244 g/mol. The fraction of sp³-hybridized carbons (Fsp3) is 0.625. The molecule has 2 saturated heterocycles. The molecule has 2 aliphatic heterocycles. The van der Waals surface area contributed by atoms with Gasteiger partial charge >= 0.3 is 0 Å². The van der Waals surface area contributed by atoms with E-state index in [0.29, 0.717) is 6.04 Å². The second-order valence-corrected chi connectivity index (χ2v) is 5.85. The van der Waals surface area contributed by atoms with Gasteiger partial charge in [0.05, 0.1) is 0 Å². The molecule has 2 nitrogen and oxygen atoms in total. The van der Waals surface area contributed by atoms with E-state index in [-0.39, 0.29) is 0 Å². The van der Waals surface area contributed by atoms with E-state index in [1.54, 1.807) is 0 Å². The average Bonchev–Trinajstić information content (AvgIpc) is 2.97. The molecule has 1 aromatic rings. The number of benzene rings is 1. The van der Waals surface area contributed by atoms with E-state index in [4.69, 9.17) is 0 Å². The first-order chi connectivity index (χ1) is 8.88. The minimum atomic E-state index is 0.641. The lowest BCUT2D eigenvalue weighted by molar-refractivity contribution is 0.216. The van der Waals surface area contributed by atoms with Crippen molar-refractivity contribution >= 4 is 0 Å². The fourth-order valence-electron chi connectivity index (χ4n) is 3.65. The van der Waals surface area contributed by atoms with Gasteiger partial charge in [-0.05, 0) is 36.9 Å². The molecule has 3 rings (SSSR count). The first-order valence-electron chi connectivity index (χ1n) is 7.38. The number of rotatable bonds is 4. The molecule has 1 N–H and O–H groups in total. The van der Waals surface area contributed by atoms with Crippen LogP contribution in [0.5, 0.6) is 0 Å². The molecule has 3 atom stereocenters. The quantitative estimate of drug-likeness (QED) is 0.876. The Kier molecular flexibility index (Phi) is 3.67. The molecule has 2 heteroatoms. The van der Waals surface area contributed by atoms with Crippen molar-refractivity contribution in [2.45, 2.75) is 25.8 Å². The highest BCUT2D eigenvalue weighted by molar-refractivity contribution is 5.19. The van der Waals surface area contributed by atoms with Crippen LogP contribution in [0.2, 0.25) is 0 Å². The van der Waals surface area contributed by atoms with E-state index < -0.39 is 0 Å². The van der Waals surface area contributed by atoms with Gasteiger partial charge in [0.1, 0.15) is 0 Å². The summed E-state index contributed by atoms with van der Waals surface area (Å²) >= 11 is 0. The third kappa shape index (κ3) is 2.32. The van der Waals surface area contributed by atoms with Crippen LogP contribution in [-0.2, 0) is 0 Å². The summed E-state index contributed by atoms with van der Waals surface area (Å²) in [6, 6.07) is 11.7. The van der Waals surface area contributed by atoms with Gasteiger partial charge in [-0.25, -0.2) is 0 Å². The Morgan fingerprint density at radius 2 is 1.83 bits per heavy atom. The van der Waals surface area contributed by atoms with Gasteiger partial charge in [-0.1, -0.05) is 43.7 Å². The first kappa shape index (κ1) is 12.2. The van der Waals surface area contributed by atoms with Gasteiger partial charge in [0.25, 0.3) is 0 Å².